The summed E-state index contributed by atoms with van der Waals surface area (Å²) in [5.41, 5.74) is 21.1. The minimum atomic E-state index is -0.496. The second-order valence-electron chi connectivity index (χ2n) is 17.1. The van der Waals surface area contributed by atoms with E-state index in [0.717, 1.165) is 72.2 Å². The van der Waals surface area contributed by atoms with Gasteiger partial charge < -0.3 is 13.7 Å². The van der Waals surface area contributed by atoms with Crippen LogP contribution in [0.3, 0.4) is 0 Å². The maximum absolute atomic E-state index is 6.70. The van der Waals surface area contributed by atoms with Crippen molar-refractivity contribution in [3.63, 3.8) is 0 Å². The fourth-order valence-corrected chi connectivity index (χ4v) is 11.3. The molecule has 12 aromatic rings. The van der Waals surface area contributed by atoms with Crippen molar-refractivity contribution in [2.75, 3.05) is 4.90 Å². The number of nitrogens with zero attached hydrogens (tertiary/aromatic N) is 1. The van der Waals surface area contributed by atoms with Crippen LogP contribution in [0.4, 0.5) is 17.1 Å². The van der Waals surface area contributed by atoms with Crippen molar-refractivity contribution in [2.24, 2.45) is 0 Å². The van der Waals surface area contributed by atoms with Gasteiger partial charge in [0.1, 0.15) is 16.7 Å². The van der Waals surface area contributed by atoms with Crippen molar-refractivity contribution in [3.05, 3.63) is 247 Å². The molecule has 2 heterocycles. The third-order valence-electron chi connectivity index (χ3n) is 13.9. The normalized spacial score (nSPS) is 14.6. The lowest BCUT2D eigenvalue weighted by Gasteiger charge is -2.30. The molecule has 1 atom stereocenters. The van der Waals surface area contributed by atoms with Crippen molar-refractivity contribution < 1.29 is 8.83 Å². The third kappa shape index (κ3) is 4.76. The first-order valence-corrected chi connectivity index (χ1v) is 22.0. The number of rotatable bonds is 5. The molecule has 3 nitrogen and oxygen atoms in total. The number of benzene rings is 10. The predicted octanol–water partition coefficient (Wildman–Crippen LogP) is 16.6. The van der Waals surface area contributed by atoms with Crippen LogP contribution in [0, 0.1) is 0 Å². The molecule has 2 aliphatic rings. The number of para-hydroxylation sites is 4. The van der Waals surface area contributed by atoms with Crippen LogP contribution < -0.4 is 4.90 Å². The Morgan fingerprint density at radius 3 is 1.77 bits per heavy atom. The van der Waals surface area contributed by atoms with Crippen molar-refractivity contribution in [1.82, 2.24) is 0 Å². The minimum absolute atomic E-state index is 0.496. The average molecular weight is 816 g/mol. The molecule has 2 aliphatic carbocycles. The lowest BCUT2D eigenvalue weighted by atomic mass is 9.70. The number of anilines is 3. The van der Waals surface area contributed by atoms with Gasteiger partial charge in [-0.3, -0.25) is 0 Å². The van der Waals surface area contributed by atoms with Crippen molar-refractivity contribution >= 4 is 60.9 Å². The molecule has 2 aromatic heterocycles. The summed E-state index contributed by atoms with van der Waals surface area (Å²) in [5.74, 6) is 0. The van der Waals surface area contributed by atoms with Crippen LogP contribution in [0.25, 0.3) is 88.4 Å². The quantitative estimate of drug-likeness (QED) is 0.173. The molecule has 0 fully saturated rings. The lowest BCUT2D eigenvalue weighted by Crippen LogP contribution is -2.25. The van der Waals surface area contributed by atoms with Gasteiger partial charge in [0.15, 0.2) is 5.58 Å². The van der Waals surface area contributed by atoms with Gasteiger partial charge >= 0.3 is 0 Å². The van der Waals surface area contributed by atoms with E-state index >= 15 is 0 Å². The molecule has 0 N–H and O–H groups in total. The van der Waals surface area contributed by atoms with Gasteiger partial charge in [-0.1, -0.05) is 176 Å². The highest BCUT2D eigenvalue weighted by molar-refractivity contribution is 6.16. The van der Waals surface area contributed by atoms with E-state index in [4.69, 9.17) is 8.83 Å². The van der Waals surface area contributed by atoms with Gasteiger partial charge in [-0.25, -0.2) is 0 Å². The van der Waals surface area contributed by atoms with E-state index in [9.17, 15) is 0 Å². The molecule has 10 aromatic carbocycles. The van der Waals surface area contributed by atoms with E-state index in [-0.39, 0.29) is 0 Å². The largest absolute Gasteiger partial charge is 0.456 e. The van der Waals surface area contributed by atoms with Gasteiger partial charge in [-0.15, -0.1) is 0 Å². The lowest BCUT2D eigenvalue weighted by molar-refractivity contribution is 0.668. The molecule has 0 saturated carbocycles. The van der Waals surface area contributed by atoms with Gasteiger partial charge in [0.2, 0.25) is 0 Å². The Morgan fingerprint density at radius 1 is 0.328 bits per heavy atom. The first-order chi connectivity index (χ1) is 31.8. The molecule has 0 saturated heterocycles. The second kappa shape index (κ2) is 13.3. The summed E-state index contributed by atoms with van der Waals surface area (Å²) in [4.78, 5) is 2.36. The Balaban J connectivity index is 0.959. The van der Waals surface area contributed by atoms with Gasteiger partial charge in [-0.2, -0.15) is 0 Å². The zero-order valence-corrected chi connectivity index (χ0v) is 34.6. The van der Waals surface area contributed by atoms with Gasteiger partial charge in [0, 0.05) is 32.8 Å². The number of furan rings is 2. The zero-order chi connectivity index (χ0) is 41.9. The summed E-state index contributed by atoms with van der Waals surface area (Å²) < 4.78 is 13.2. The smallest absolute Gasteiger partial charge is 0.159 e. The molecule has 0 amide bonds. The summed E-state index contributed by atoms with van der Waals surface area (Å²) in [7, 11) is 0. The molecule has 1 spiro atoms. The molecule has 64 heavy (non-hydrogen) atoms. The highest BCUT2D eigenvalue weighted by atomic mass is 16.3. The van der Waals surface area contributed by atoms with E-state index in [2.05, 4.69) is 223 Å². The Labute approximate surface area is 369 Å². The van der Waals surface area contributed by atoms with E-state index in [1.54, 1.807) is 0 Å². The first kappa shape index (κ1) is 35.2. The standard InChI is InChI=1S/C61H37NO2/c1-2-15-39(16-3-1)42-17-6-11-25-53(42)62(54-26-14-22-46-45-19-7-12-27-55(45)64-60(46)54)41-32-29-38(30-33-41)40-31-34-44-43-18-4-9-23-49(43)61(52(44)37-40)50-24-10-5-20-47(50)58-51(61)35-36-57-59(58)48-21-8-13-28-56(48)63-57/h1-37H. The van der Waals surface area contributed by atoms with Crippen LogP contribution in [0.2, 0.25) is 0 Å². The molecular formula is C61H37NO2. The molecule has 1 unspecified atom stereocenters. The SMILES string of the molecule is c1ccc(-c2ccccc2N(c2ccc(-c3ccc4c(c3)C3(c5ccccc5-4)c4ccccc4-c4c3ccc3oc5ccccc5c43)cc2)c2cccc3c2oc2ccccc23)cc1. The van der Waals surface area contributed by atoms with E-state index in [1.807, 2.05) is 6.07 Å². The Morgan fingerprint density at radius 2 is 0.938 bits per heavy atom. The van der Waals surface area contributed by atoms with Crippen LogP contribution >= 0.6 is 0 Å². The molecule has 0 aliphatic heterocycles. The first-order valence-electron chi connectivity index (χ1n) is 22.0. The van der Waals surface area contributed by atoms with Crippen molar-refractivity contribution in [1.29, 1.82) is 0 Å². The zero-order valence-electron chi connectivity index (χ0n) is 34.6. The van der Waals surface area contributed by atoms with E-state index in [0.29, 0.717) is 0 Å². The van der Waals surface area contributed by atoms with Gasteiger partial charge in [-0.05, 0) is 110 Å². The van der Waals surface area contributed by atoms with Crippen LogP contribution in [0.1, 0.15) is 22.3 Å². The maximum atomic E-state index is 6.70. The Bertz CT molecular complexity index is 3860. The predicted molar refractivity (Wildman–Crippen MR) is 263 cm³/mol. The fraction of sp³-hybridized carbons (Fsp3) is 0.0164. The van der Waals surface area contributed by atoms with Crippen LogP contribution in [-0.4, -0.2) is 0 Å². The van der Waals surface area contributed by atoms with Gasteiger partial charge in [0.25, 0.3) is 0 Å². The van der Waals surface area contributed by atoms with E-state index < -0.39 is 5.41 Å². The van der Waals surface area contributed by atoms with Crippen molar-refractivity contribution in [3.8, 4) is 44.5 Å². The molecule has 298 valence electrons. The number of fused-ring (bicyclic) bond motifs is 17. The highest BCUT2D eigenvalue weighted by Crippen LogP contribution is 2.64. The fourth-order valence-electron chi connectivity index (χ4n) is 11.3. The van der Waals surface area contributed by atoms with E-state index in [1.165, 1.54) is 55.5 Å². The monoisotopic (exact) mass is 815 g/mol. The topological polar surface area (TPSA) is 29.5 Å². The summed E-state index contributed by atoms with van der Waals surface area (Å²) in [6.45, 7) is 0. The summed E-state index contributed by atoms with van der Waals surface area (Å²) >= 11 is 0. The number of hydrogen-bond donors (Lipinski definition) is 0. The summed E-state index contributed by atoms with van der Waals surface area (Å²) in [6, 6.07) is 81.3. The van der Waals surface area contributed by atoms with Crippen LogP contribution in [-0.2, 0) is 5.41 Å². The Hall–Kier alpha value is -8.40. The second-order valence-corrected chi connectivity index (χ2v) is 17.1. The minimum Gasteiger partial charge on any atom is -0.456 e. The van der Waals surface area contributed by atoms with Crippen LogP contribution in [0.15, 0.2) is 233 Å². The molecule has 0 bridgehead atoms. The highest BCUT2D eigenvalue weighted by Gasteiger charge is 2.52. The summed E-state index contributed by atoms with van der Waals surface area (Å²) in [5, 5.41) is 4.54. The molecule has 0 radical (unpaired) electrons. The number of hydrogen-bond acceptors (Lipinski definition) is 3. The van der Waals surface area contributed by atoms with Gasteiger partial charge in [0.05, 0.1) is 16.8 Å². The average Bonchev–Trinajstić information content (AvgIpc) is 4.10. The third-order valence-corrected chi connectivity index (χ3v) is 13.9. The Kier molecular flexibility index (Phi) is 7.32. The van der Waals surface area contributed by atoms with Crippen molar-refractivity contribution in [2.45, 2.75) is 5.41 Å². The summed E-state index contributed by atoms with van der Waals surface area (Å²) in [6.07, 6.45) is 0. The maximum Gasteiger partial charge on any atom is 0.159 e. The molecule has 3 heteroatoms. The molecular weight excluding hydrogens is 779 g/mol. The van der Waals surface area contributed by atoms with Crippen LogP contribution in [0.5, 0.6) is 0 Å². The molecule has 14 rings (SSSR count).